The number of ether oxygens (including phenoxy) is 5. The lowest BCUT2D eigenvalue weighted by Gasteiger charge is -2.43. The maximum Gasteiger partial charge on any atom is 0.469 e. The van der Waals surface area contributed by atoms with Crippen LogP contribution in [-0.4, -0.2) is 95.8 Å². The maximum absolute atomic E-state index is 14.7. The van der Waals surface area contributed by atoms with Crippen molar-refractivity contribution < 1.29 is 53.6 Å². The summed E-state index contributed by atoms with van der Waals surface area (Å²) in [5.41, 5.74) is 5.07. The molecule has 0 N–H and O–H groups in total. The van der Waals surface area contributed by atoms with Gasteiger partial charge in [0.2, 0.25) is 0 Å². The summed E-state index contributed by atoms with van der Waals surface area (Å²) in [4.78, 5) is 2.34. The Morgan fingerprint density at radius 1 is 0.692 bits per heavy atom. The monoisotopic (exact) mass is 1160 g/mol. The van der Waals surface area contributed by atoms with Crippen LogP contribution in [0.15, 0.2) is 84.9 Å². The molecule has 0 amide bonds. The summed E-state index contributed by atoms with van der Waals surface area (Å²) in [6.45, 7) is 28.2. The number of hydrogen-bond donors (Lipinski definition) is 0. The van der Waals surface area contributed by atoms with E-state index in [4.69, 9.17) is 40.5 Å². The van der Waals surface area contributed by atoms with Crippen LogP contribution in [0, 0.1) is 11.8 Å². The Kier molecular flexibility index (Phi) is 15.3. The molecule has 3 fully saturated rings. The van der Waals surface area contributed by atoms with Gasteiger partial charge < -0.3 is 45.4 Å². The smallest absolute Gasteiger partial charge is 0.469 e. The van der Waals surface area contributed by atoms with Gasteiger partial charge in [0, 0.05) is 52.3 Å². The van der Waals surface area contributed by atoms with Gasteiger partial charge in [-0.05, 0) is 191 Å². The van der Waals surface area contributed by atoms with Gasteiger partial charge in [-0.3, -0.25) is 0 Å². The van der Waals surface area contributed by atoms with E-state index in [0.717, 1.165) is 106 Å². The quantitative estimate of drug-likeness (QED) is 0.0589. The summed E-state index contributed by atoms with van der Waals surface area (Å²) < 4.78 is 104. The van der Waals surface area contributed by atoms with E-state index in [0.29, 0.717) is 55.3 Å². The van der Waals surface area contributed by atoms with Gasteiger partial charge in [-0.25, -0.2) is 0 Å². The molecule has 4 unspecified atom stereocenters. The van der Waals surface area contributed by atoms with Gasteiger partial charge in [-0.2, -0.15) is 13.2 Å². The minimum absolute atomic E-state index is 0.186. The lowest BCUT2D eigenvalue weighted by molar-refractivity contribution is -0.137. The predicted molar refractivity (Wildman–Crippen MR) is 318 cm³/mol. The topological polar surface area (TPSA) is 86.3 Å². The number of anilines is 1. The van der Waals surface area contributed by atoms with Gasteiger partial charge in [-0.15, -0.1) is 0 Å². The second-order valence-corrected chi connectivity index (χ2v) is 47.0. The lowest BCUT2D eigenvalue weighted by Crippen LogP contribution is -2.61. The second-order valence-electron chi connectivity index (χ2n) is 25.7. The number of rotatable bonds is 19. The maximum atomic E-state index is 14.7. The summed E-state index contributed by atoms with van der Waals surface area (Å²) in [5, 5.41) is 1.65. The third kappa shape index (κ3) is 11.2. The van der Waals surface area contributed by atoms with Crippen molar-refractivity contribution in [3.63, 3.8) is 0 Å². The number of hydrogen-bond acceptors (Lipinski definition) is 10. The van der Waals surface area contributed by atoms with Crippen LogP contribution >= 0.6 is 0 Å². The molecule has 5 aromatic carbocycles. The van der Waals surface area contributed by atoms with Crippen molar-refractivity contribution in [3.8, 4) is 34.1 Å². The molecule has 1 spiro atoms. The van der Waals surface area contributed by atoms with E-state index in [2.05, 4.69) is 125 Å². The van der Waals surface area contributed by atoms with E-state index in [-0.39, 0.29) is 5.92 Å². The number of nitrogens with zero attached hydrogens (tertiary/aromatic N) is 1. The first kappa shape index (κ1) is 57.0. The molecule has 0 aromatic heterocycles. The van der Waals surface area contributed by atoms with Gasteiger partial charge >= 0.3 is 15.0 Å². The van der Waals surface area contributed by atoms with Crippen molar-refractivity contribution in [2.45, 2.75) is 127 Å². The molecule has 2 aliphatic heterocycles. The van der Waals surface area contributed by atoms with Crippen LogP contribution in [0.3, 0.4) is 0 Å². The molecule has 420 valence electrons. The van der Waals surface area contributed by atoms with Crippen molar-refractivity contribution in [1.29, 1.82) is 0 Å². The van der Waals surface area contributed by atoms with Crippen molar-refractivity contribution in [2.24, 2.45) is 11.8 Å². The van der Waals surface area contributed by atoms with Crippen molar-refractivity contribution in [3.05, 3.63) is 118 Å². The number of morpholine rings is 1. The van der Waals surface area contributed by atoms with Crippen LogP contribution < -0.4 is 23.8 Å². The number of alkyl halides is 3. The third-order valence-corrected chi connectivity index (χ3v) is 31.0. The average molecular weight is 1160 g/mol. The molecule has 2 bridgehead atoms. The zero-order chi connectivity index (χ0) is 55.8. The molecule has 10 rings (SSSR count). The number of benzene rings is 5. The molecule has 5 aromatic rings. The average Bonchev–Trinajstić information content (AvgIpc) is 3.98. The molecule has 10 nitrogen and oxygen atoms in total. The van der Waals surface area contributed by atoms with Gasteiger partial charge in [0.25, 0.3) is 0 Å². The number of fused-ring (bicyclic) bond motifs is 13. The summed E-state index contributed by atoms with van der Waals surface area (Å²) in [6.07, 6.45) is 3.67. The highest BCUT2D eigenvalue weighted by Crippen LogP contribution is 2.69. The fourth-order valence-electron chi connectivity index (χ4n) is 13.3. The normalized spacial score (nSPS) is 22.2. The predicted octanol–water partition coefficient (Wildman–Crippen LogP) is 15.2. The SMILES string of the molecule is COc1cc2c3c(c4c(c2cc1OC)-c1ccc(C(F)(F)F)cc1C41CC2CCC1C2)C=CC(c1ccc(OCCO[Si](C)(C)CC[Si](O[Si](C)(C)C)(O[Si](C)(C)C)O[Si](C)(C)C)cc1)(c1ccc(N2CCOCC2)cc1)O3. The highest BCUT2D eigenvalue weighted by atomic mass is 28.5. The van der Waals surface area contributed by atoms with E-state index < -0.39 is 64.8 Å². The van der Waals surface area contributed by atoms with Gasteiger partial charge in [0.05, 0.1) is 39.6 Å². The molecule has 2 heterocycles. The van der Waals surface area contributed by atoms with E-state index in [1.165, 1.54) is 12.1 Å². The highest BCUT2D eigenvalue weighted by Gasteiger charge is 2.59. The van der Waals surface area contributed by atoms with Crippen LogP contribution in [-0.2, 0) is 38.7 Å². The second kappa shape index (κ2) is 20.9. The van der Waals surface area contributed by atoms with Crippen LogP contribution in [0.5, 0.6) is 23.0 Å². The van der Waals surface area contributed by atoms with Crippen molar-refractivity contribution in [1.82, 2.24) is 0 Å². The molecule has 2 saturated carbocycles. The van der Waals surface area contributed by atoms with E-state index in [1.54, 1.807) is 20.3 Å². The Balaban J connectivity index is 0.995. The van der Waals surface area contributed by atoms with Crippen LogP contribution in [0.1, 0.15) is 59.1 Å². The van der Waals surface area contributed by atoms with Gasteiger partial charge in [0.15, 0.2) is 50.4 Å². The zero-order valence-corrected chi connectivity index (χ0v) is 53.1. The Labute approximate surface area is 465 Å². The largest absolute Gasteiger partial charge is 0.493 e. The Morgan fingerprint density at radius 3 is 1.85 bits per heavy atom. The molecule has 1 saturated heterocycles. The first-order chi connectivity index (χ1) is 36.7. The molecule has 5 aliphatic rings. The van der Waals surface area contributed by atoms with Crippen LogP contribution in [0.2, 0.25) is 84.1 Å². The molecule has 3 aliphatic carbocycles. The number of halogens is 3. The van der Waals surface area contributed by atoms with Crippen LogP contribution in [0.4, 0.5) is 18.9 Å². The van der Waals surface area contributed by atoms with E-state index in [1.807, 2.05) is 24.3 Å². The molecule has 4 atom stereocenters. The Hall–Kier alpha value is -4.23. The molecule has 0 radical (unpaired) electrons. The fraction of sp³-hybridized carbons (Fsp3) is 0.500. The number of methoxy groups -OCH3 is 2. The third-order valence-electron chi connectivity index (χ3n) is 16.2. The highest BCUT2D eigenvalue weighted by molar-refractivity contribution is 6.90. The minimum atomic E-state index is -4.49. The molecule has 78 heavy (non-hydrogen) atoms. The van der Waals surface area contributed by atoms with Crippen molar-refractivity contribution >= 4 is 64.6 Å². The Morgan fingerprint density at radius 2 is 1.29 bits per heavy atom. The Bertz CT molecular complexity index is 3020. The van der Waals surface area contributed by atoms with E-state index in [9.17, 15) is 13.2 Å². The standard InChI is InChI=1S/C60H80F3NO9Si5/c1-65-53-38-50-51(39-54(53)66-2)57-49(56-55(50)48-25-20-45(60(61,62)63)37-52(48)58(56)40-41-14-15-44(58)36-41)26-27-59(70-57,42-16-21-46(22-17-42)64-28-30-67-31-29-64)43-18-23-47(24-19-43)68-32-33-69-77(12,13)34-35-78(71-74(3,4)5,72-75(6,7)8)73-76(9,10)11/h16-27,37-39,41,44H,14-15,28-36,40H2,1-13H3. The summed E-state index contributed by atoms with van der Waals surface area (Å²) >= 11 is 0. The molecular weight excluding hydrogens is 1080 g/mol. The first-order valence-electron chi connectivity index (χ1n) is 27.9. The lowest BCUT2D eigenvalue weighted by atomic mass is 9.65. The van der Waals surface area contributed by atoms with Gasteiger partial charge in [-0.1, -0.05) is 42.8 Å². The summed E-state index contributed by atoms with van der Waals surface area (Å²) in [7, 11) is -8.03. The molecule has 18 heteroatoms. The fourth-order valence-corrected chi connectivity index (χ4v) is 31.7. The van der Waals surface area contributed by atoms with Crippen LogP contribution in [0.25, 0.3) is 28.0 Å². The molecular formula is C60H80F3NO9Si5. The van der Waals surface area contributed by atoms with Crippen molar-refractivity contribution in [2.75, 3.05) is 58.6 Å². The summed E-state index contributed by atoms with van der Waals surface area (Å²) in [5.74, 6) is 3.03. The summed E-state index contributed by atoms with van der Waals surface area (Å²) in [6, 6.07) is 26.7. The van der Waals surface area contributed by atoms with E-state index >= 15 is 0 Å². The zero-order valence-electron chi connectivity index (χ0n) is 48.1. The minimum Gasteiger partial charge on any atom is -0.493 e. The first-order valence-corrected chi connectivity index (χ1v) is 43.2. The van der Waals surface area contributed by atoms with Gasteiger partial charge in [0.1, 0.15) is 18.1 Å².